The first kappa shape index (κ1) is 22.1. The molecule has 0 radical (unpaired) electrons. The largest absolute Gasteiger partial charge is 0.475 e. The molecule has 3 aromatic carbocycles. The number of aryl methyl sites for hydroxylation is 2. The normalized spacial score (nSPS) is 12.1. The summed E-state index contributed by atoms with van der Waals surface area (Å²) in [6.07, 6.45) is 7.29. The second-order valence-corrected chi connectivity index (χ2v) is 7.64. The van der Waals surface area contributed by atoms with Crippen molar-refractivity contribution < 1.29 is 19.1 Å². The molecule has 0 atom stereocenters. The van der Waals surface area contributed by atoms with Gasteiger partial charge >= 0.3 is 5.97 Å². The maximum absolute atomic E-state index is 9.97. The highest BCUT2D eigenvalue weighted by atomic mass is 16.4. The number of benzene rings is 3. The molecule has 160 valence electrons. The highest BCUT2D eigenvalue weighted by Crippen LogP contribution is 2.33. The maximum atomic E-state index is 9.97. The van der Waals surface area contributed by atoms with E-state index >= 15 is 0 Å². The van der Waals surface area contributed by atoms with E-state index in [9.17, 15) is 9.59 Å². The standard InChI is InChI=1S/C18H16.C5H4O3.C3H7NO/c1-3-7-15-13(5-1)9-11-18-16-8-4-2-6-14(16)10-12-17(15)18;6-5(7)4-2-1-3-8-4;1-4(2)3-5/h1,3,5,7,9-12H,2,4,6,8H2;1-3H,(H,6,7);3H,1-2H3. The molecule has 0 saturated carbocycles. The Kier molecular flexibility index (Phi) is 7.44. The van der Waals surface area contributed by atoms with E-state index in [0.717, 1.165) is 6.41 Å². The summed E-state index contributed by atoms with van der Waals surface area (Å²) in [6, 6.07) is 20.9. The Labute approximate surface area is 181 Å². The molecule has 1 amide bonds. The molecule has 0 unspecified atom stereocenters. The van der Waals surface area contributed by atoms with Gasteiger partial charge in [-0.25, -0.2) is 4.79 Å². The van der Waals surface area contributed by atoms with E-state index in [1.165, 1.54) is 70.5 Å². The molecule has 4 aromatic rings. The number of aromatic carboxylic acids is 1. The molecule has 1 heterocycles. The van der Waals surface area contributed by atoms with Crippen molar-refractivity contribution in [1.29, 1.82) is 0 Å². The predicted octanol–water partition coefficient (Wildman–Crippen LogP) is 5.55. The van der Waals surface area contributed by atoms with Crippen molar-refractivity contribution in [3.63, 3.8) is 0 Å². The van der Waals surface area contributed by atoms with Crippen LogP contribution in [0.5, 0.6) is 0 Å². The van der Waals surface area contributed by atoms with Gasteiger partial charge in [-0.1, -0.05) is 48.5 Å². The Morgan fingerprint density at radius 2 is 1.61 bits per heavy atom. The minimum Gasteiger partial charge on any atom is -0.475 e. The molecule has 0 fully saturated rings. The number of amides is 1. The van der Waals surface area contributed by atoms with E-state index < -0.39 is 5.97 Å². The molecule has 5 rings (SSSR count). The van der Waals surface area contributed by atoms with Gasteiger partial charge in [0.2, 0.25) is 12.2 Å². The van der Waals surface area contributed by atoms with Gasteiger partial charge in [-0.15, -0.1) is 0 Å². The zero-order valence-electron chi connectivity index (χ0n) is 17.9. The average Bonchev–Trinajstić information content (AvgIpc) is 3.35. The number of nitrogens with zero attached hydrogens (tertiary/aromatic N) is 1. The number of carbonyl (C=O) groups is 2. The molecule has 1 aromatic heterocycles. The Hall–Kier alpha value is -3.60. The van der Waals surface area contributed by atoms with Crippen LogP contribution in [0.15, 0.2) is 71.3 Å². The number of hydrogen-bond donors (Lipinski definition) is 1. The molecule has 1 N–H and O–H groups in total. The average molecular weight is 418 g/mol. The number of fused-ring (bicyclic) bond motifs is 5. The van der Waals surface area contributed by atoms with Gasteiger partial charge in [-0.3, -0.25) is 4.79 Å². The summed E-state index contributed by atoms with van der Waals surface area (Å²) < 4.78 is 4.50. The van der Waals surface area contributed by atoms with Crippen LogP contribution in [0.3, 0.4) is 0 Å². The summed E-state index contributed by atoms with van der Waals surface area (Å²) in [7, 11) is 3.38. The van der Waals surface area contributed by atoms with Gasteiger partial charge in [0.1, 0.15) is 0 Å². The van der Waals surface area contributed by atoms with Gasteiger partial charge in [0.15, 0.2) is 0 Å². The predicted molar refractivity (Wildman–Crippen MR) is 124 cm³/mol. The van der Waals surface area contributed by atoms with Crippen molar-refractivity contribution in [1.82, 2.24) is 4.90 Å². The van der Waals surface area contributed by atoms with Crippen LogP contribution in [0.25, 0.3) is 21.5 Å². The smallest absolute Gasteiger partial charge is 0.371 e. The third kappa shape index (κ3) is 5.51. The van der Waals surface area contributed by atoms with Crippen LogP contribution < -0.4 is 0 Å². The van der Waals surface area contributed by atoms with Gasteiger partial charge in [-0.05, 0) is 70.5 Å². The van der Waals surface area contributed by atoms with Crippen LogP contribution in [-0.4, -0.2) is 36.5 Å². The van der Waals surface area contributed by atoms with E-state index in [1.807, 2.05) is 0 Å². The third-order valence-corrected chi connectivity index (χ3v) is 5.20. The van der Waals surface area contributed by atoms with E-state index in [-0.39, 0.29) is 5.76 Å². The van der Waals surface area contributed by atoms with Gasteiger partial charge in [0.25, 0.3) is 0 Å². The zero-order valence-corrected chi connectivity index (χ0v) is 17.9. The molecule has 1 aliphatic rings. The molecule has 1 aliphatic carbocycles. The van der Waals surface area contributed by atoms with E-state index in [2.05, 4.69) is 52.9 Å². The SMILES string of the molecule is CN(C)C=O.O=C(O)c1ccco1.c1ccc2c(c1)ccc1c3c(ccc12)CCCC3. The number of carboxylic acid groups (broad SMARTS) is 1. The molecule has 5 nitrogen and oxygen atoms in total. The van der Waals surface area contributed by atoms with Crippen LogP contribution in [0, 0.1) is 0 Å². The van der Waals surface area contributed by atoms with Gasteiger partial charge in [0, 0.05) is 14.1 Å². The summed E-state index contributed by atoms with van der Waals surface area (Å²) in [5.74, 6) is -1.06. The minimum absolute atomic E-state index is 0.0231. The van der Waals surface area contributed by atoms with Crippen molar-refractivity contribution >= 4 is 33.9 Å². The van der Waals surface area contributed by atoms with Crippen molar-refractivity contribution in [2.45, 2.75) is 25.7 Å². The molecule has 0 bridgehead atoms. The monoisotopic (exact) mass is 417 g/mol. The minimum atomic E-state index is -1.03. The molecule has 31 heavy (non-hydrogen) atoms. The fourth-order valence-electron chi connectivity index (χ4n) is 3.74. The van der Waals surface area contributed by atoms with Crippen molar-refractivity contribution in [3.8, 4) is 0 Å². The summed E-state index contributed by atoms with van der Waals surface area (Å²) in [5, 5.41) is 13.8. The van der Waals surface area contributed by atoms with E-state index in [0.29, 0.717) is 0 Å². The first-order valence-corrected chi connectivity index (χ1v) is 10.3. The lowest BCUT2D eigenvalue weighted by atomic mass is 9.86. The number of rotatable bonds is 2. The summed E-state index contributed by atoms with van der Waals surface area (Å²) >= 11 is 0. The quantitative estimate of drug-likeness (QED) is 0.343. The first-order chi connectivity index (χ1) is 15.0. The number of furan rings is 1. The topological polar surface area (TPSA) is 70.8 Å². The molecular weight excluding hydrogens is 390 g/mol. The highest BCUT2D eigenvalue weighted by molar-refractivity contribution is 6.08. The lowest BCUT2D eigenvalue weighted by Gasteiger charge is -2.18. The summed E-state index contributed by atoms with van der Waals surface area (Å²) in [6.45, 7) is 0. The Bertz CT molecular complexity index is 1160. The molecule has 0 aliphatic heterocycles. The Morgan fingerprint density at radius 3 is 2.26 bits per heavy atom. The first-order valence-electron chi connectivity index (χ1n) is 10.3. The Morgan fingerprint density at radius 1 is 0.903 bits per heavy atom. The number of carboxylic acids is 1. The summed E-state index contributed by atoms with van der Waals surface area (Å²) in [5.41, 5.74) is 3.17. The van der Waals surface area contributed by atoms with Crippen LogP contribution in [0.1, 0.15) is 34.5 Å². The summed E-state index contributed by atoms with van der Waals surface area (Å²) in [4.78, 5) is 20.8. The second-order valence-electron chi connectivity index (χ2n) is 7.64. The van der Waals surface area contributed by atoms with Crippen LogP contribution in [0.2, 0.25) is 0 Å². The van der Waals surface area contributed by atoms with Gasteiger partial charge in [-0.2, -0.15) is 0 Å². The van der Waals surface area contributed by atoms with Gasteiger partial charge < -0.3 is 14.4 Å². The highest BCUT2D eigenvalue weighted by Gasteiger charge is 2.13. The van der Waals surface area contributed by atoms with Crippen LogP contribution >= 0.6 is 0 Å². The third-order valence-electron chi connectivity index (χ3n) is 5.20. The zero-order chi connectivity index (χ0) is 22.2. The Balaban J connectivity index is 0.000000175. The molecule has 5 heteroatoms. The van der Waals surface area contributed by atoms with Crippen molar-refractivity contribution in [2.24, 2.45) is 0 Å². The molecule has 0 saturated heterocycles. The van der Waals surface area contributed by atoms with E-state index in [1.54, 1.807) is 25.2 Å². The van der Waals surface area contributed by atoms with Gasteiger partial charge in [0.05, 0.1) is 6.26 Å². The fraction of sp³-hybridized carbons (Fsp3) is 0.231. The van der Waals surface area contributed by atoms with Crippen molar-refractivity contribution in [2.75, 3.05) is 14.1 Å². The lowest BCUT2D eigenvalue weighted by molar-refractivity contribution is -0.115. The number of carbonyl (C=O) groups excluding carboxylic acids is 1. The molecular formula is C26H27NO4. The van der Waals surface area contributed by atoms with E-state index in [4.69, 9.17) is 5.11 Å². The molecule has 0 spiro atoms. The lowest BCUT2D eigenvalue weighted by Crippen LogP contribution is -2.06. The fourth-order valence-corrected chi connectivity index (χ4v) is 3.74. The second kappa shape index (κ2) is 10.4. The van der Waals surface area contributed by atoms with Crippen LogP contribution in [0.4, 0.5) is 0 Å². The van der Waals surface area contributed by atoms with Crippen LogP contribution in [-0.2, 0) is 17.6 Å². The number of hydrogen-bond acceptors (Lipinski definition) is 3. The van der Waals surface area contributed by atoms with Crippen molar-refractivity contribution in [3.05, 3.63) is 83.8 Å². The maximum Gasteiger partial charge on any atom is 0.371 e.